The minimum atomic E-state index is -1.06. The number of alkyl halides is 1. The highest BCUT2D eigenvalue weighted by Gasteiger charge is 2.43. The number of hydrogen-bond acceptors (Lipinski definition) is 4. The van der Waals surface area contributed by atoms with Gasteiger partial charge in [-0.1, -0.05) is 6.92 Å². The molecule has 6 nitrogen and oxygen atoms in total. The third kappa shape index (κ3) is 3.65. The molecule has 0 radical (unpaired) electrons. The van der Waals surface area contributed by atoms with Crippen molar-refractivity contribution >= 4 is 45.0 Å². The monoisotopic (exact) mass is 472 g/mol. The summed E-state index contributed by atoms with van der Waals surface area (Å²) in [5.74, 6) is 0. The predicted octanol–water partition coefficient (Wildman–Crippen LogP) is 4.41. The molecule has 1 aliphatic carbocycles. The van der Waals surface area contributed by atoms with E-state index < -0.39 is 5.67 Å². The molecule has 3 aromatic heterocycles. The van der Waals surface area contributed by atoms with Gasteiger partial charge in [0.25, 0.3) is 0 Å². The van der Waals surface area contributed by atoms with Gasteiger partial charge in [-0.15, -0.1) is 0 Å². The Morgan fingerprint density at radius 3 is 2.92 bits per heavy atom. The van der Waals surface area contributed by atoms with Gasteiger partial charge in [0.1, 0.15) is 11.4 Å². The van der Waals surface area contributed by atoms with Crippen molar-refractivity contribution in [3.8, 4) is 11.4 Å². The quantitative estimate of drug-likeness (QED) is 0.409. The van der Waals surface area contributed by atoms with E-state index in [0.29, 0.717) is 25.8 Å². The second-order valence-electron chi connectivity index (χ2n) is 6.45. The molecule has 1 aliphatic rings. The third-order valence-corrected chi connectivity index (χ3v) is 6.17. The van der Waals surface area contributed by atoms with Crippen molar-refractivity contribution in [2.45, 2.75) is 38.4 Å². The summed E-state index contributed by atoms with van der Waals surface area (Å²) in [7, 11) is 0. The van der Waals surface area contributed by atoms with Crippen LogP contribution in [0, 0.1) is 0 Å². The van der Waals surface area contributed by atoms with E-state index in [1.807, 2.05) is 22.9 Å². The molecule has 0 spiro atoms. The Balaban J connectivity index is 1.67. The first-order chi connectivity index (χ1) is 12.1. The lowest BCUT2D eigenvalue weighted by Crippen LogP contribution is -2.12. The Bertz CT molecular complexity index is 903. The highest BCUT2D eigenvalue weighted by atomic mass is 127. The third-order valence-electron chi connectivity index (χ3n) is 4.28. The number of halogens is 2. The van der Waals surface area contributed by atoms with Gasteiger partial charge < -0.3 is 5.32 Å². The molecule has 0 aliphatic heterocycles. The van der Waals surface area contributed by atoms with Crippen LogP contribution >= 0.6 is 28.4 Å². The van der Waals surface area contributed by atoms with Crippen LogP contribution in [-0.2, 0) is 6.54 Å². The first-order valence-electron chi connectivity index (χ1n) is 8.33. The maximum Gasteiger partial charge on any atom is 0.134 e. The van der Waals surface area contributed by atoms with Crippen molar-refractivity contribution < 1.29 is 4.39 Å². The summed E-state index contributed by atoms with van der Waals surface area (Å²) >= 11 is 2.31. The summed E-state index contributed by atoms with van der Waals surface area (Å²) < 4.78 is 17.6. The van der Waals surface area contributed by atoms with Gasteiger partial charge in [-0.3, -0.25) is 9.67 Å². The number of rotatable bonds is 7. The topological polar surface area (TPSA) is 60.6 Å². The largest absolute Gasteiger partial charge is 0.382 e. The van der Waals surface area contributed by atoms with E-state index in [1.165, 1.54) is 0 Å². The van der Waals surface area contributed by atoms with Crippen LogP contribution in [0.4, 0.5) is 10.1 Å². The van der Waals surface area contributed by atoms with Crippen LogP contribution in [0.15, 0.2) is 24.7 Å². The van der Waals surface area contributed by atoms with Crippen molar-refractivity contribution in [1.82, 2.24) is 24.3 Å². The van der Waals surface area contributed by atoms with Crippen LogP contribution in [0.2, 0.25) is 0 Å². The van der Waals surface area contributed by atoms with E-state index in [0.717, 1.165) is 40.9 Å². The minimum absolute atomic E-state index is 0.324. The van der Waals surface area contributed by atoms with Crippen LogP contribution in [0.25, 0.3) is 22.3 Å². The lowest BCUT2D eigenvalue weighted by Gasteiger charge is -2.04. The zero-order valence-corrected chi connectivity index (χ0v) is 17.0. The Morgan fingerprint density at radius 2 is 2.20 bits per heavy atom. The number of pyridine rings is 1. The minimum Gasteiger partial charge on any atom is -0.382 e. The zero-order chi connectivity index (χ0) is 17.4. The smallest absolute Gasteiger partial charge is 0.134 e. The van der Waals surface area contributed by atoms with Gasteiger partial charge in [-0.2, -0.15) is 10.2 Å². The molecule has 0 aromatic carbocycles. The molecule has 1 atom stereocenters. The lowest BCUT2D eigenvalue weighted by molar-refractivity contribution is 0.262. The molecule has 3 heterocycles. The number of hydrogen-bond donors (Lipinski definition) is 1. The molecule has 25 heavy (non-hydrogen) atoms. The van der Waals surface area contributed by atoms with Crippen molar-refractivity contribution in [3.63, 3.8) is 0 Å². The van der Waals surface area contributed by atoms with E-state index >= 15 is 0 Å². The fraction of sp³-hybridized carbons (Fsp3) is 0.438. The summed E-state index contributed by atoms with van der Waals surface area (Å²) in [5.41, 5.74) is 2.36. The lowest BCUT2D eigenvalue weighted by atomic mass is 10.2. The molecule has 4 rings (SSSR count). The highest BCUT2D eigenvalue weighted by Crippen LogP contribution is 2.41. The molecule has 1 saturated carbocycles. The van der Waals surface area contributed by atoms with Crippen molar-refractivity contribution in [2.75, 3.05) is 11.9 Å². The van der Waals surface area contributed by atoms with Gasteiger partial charge in [0, 0.05) is 24.3 Å². The van der Waals surface area contributed by atoms with E-state index in [2.05, 4.69) is 49.5 Å². The number of fused-ring (bicyclic) bond motifs is 1. The fourth-order valence-electron chi connectivity index (χ4n) is 2.76. The summed E-state index contributed by atoms with van der Waals surface area (Å²) in [6.07, 6.45) is 8.51. The molecule has 1 N–H and O–H groups in total. The van der Waals surface area contributed by atoms with Crippen LogP contribution in [0.3, 0.4) is 0 Å². The number of nitrogens with one attached hydrogen (secondary N) is 1. The maximum atomic E-state index is 14.0. The Hall–Kier alpha value is -1.28. The van der Waals surface area contributed by atoms with E-state index in [9.17, 15) is 4.39 Å². The maximum absolute atomic E-state index is 14.0. The Morgan fingerprint density at radius 1 is 1.36 bits per heavy atom. The van der Waals surface area contributed by atoms with Gasteiger partial charge in [0.2, 0.25) is 0 Å². The normalized spacial score (nSPS) is 16.1. The predicted molar refractivity (Wildman–Crippen MR) is 108 cm³/mol. The fourth-order valence-corrected chi connectivity index (χ4v) is 3.82. The molecule has 0 bridgehead atoms. The second-order valence-corrected chi connectivity index (χ2v) is 8.53. The molecular formula is C16H19FIN6P. The Kier molecular flexibility index (Phi) is 4.66. The Labute approximate surface area is 159 Å². The average molecular weight is 472 g/mol. The highest BCUT2D eigenvalue weighted by molar-refractivity contribution is 14.2. The average Bonchev–Trinajstić information content (AvgIpc) is 3.04. The van der Waals surface area contributed by atoms with Gasteiger partial charge in [0.15, 0.2) is 0 Å². The van der Waals surface area contributed by atoms with E-state index in [4.69, 9.17) is 0 Å². The van der Waals surface area contributed by atoms with Crippen molar-refractivity contribution in [3.05, 3.63) is 24.7 Å². The molecule has 0 amide bonds. The summed E-state index contributed by atoms with van der Waals surface area (Å²) in [4.78, 5) is 4.56. The molecular weight excluding hydrogens is 453 g/mol. The van der Waals surface area contributed by atoms with Crippen LogP contribution in [-0.4, -0.2) is 36.5 Å². The van der Waals surface area contributed by atoms with Crippen molar-refractivity contribution in [2.24, 2.45) is 0 Å². The second kappa shape index (κ2) is 6.79. The molecule has 1 unspecified atom stereocenters. The van der Waals surface area contributed by atoms with Gasteiger partial charge in [-0.05, 0) is 47.4 Å². The van der Waals surface area contributed by atoms with E-state index in [1.54, 1.807) is 10.9 Å². The number of aromatic nitrogens is 5. The zero-order valence-electron chi connectivity index (χ0n) is 13.8. The first kappa shape index (κ1) is 17.1. The SMILES string of the molecule is CCCNc1cn(PI)nc1-c1cc2nn(CC3(F)CC3)cc2cn1. The molecule has 1 fully saturated rings. The van der Waals surface area contributed by atoms with Crippen molar-refractivity contribution in [1.29, 1.82) is 0 Å². The number of anilines is 1. The standard InChI is InChI=1S/C16H19FIN6P/c1-2-5-19-14-9-24(25-18)22-15(14)13-6-12-11(7-20-13)8-23(21-12)10-16(17)3-4-16/h6-9,19,25H,2-5,10H2,1H3. The molecule has 0 saturated heterocycles. The van der Waals surface area contributed by atoms with Crippen LogP contribution in [0.5, 0.6) is 0 Å². The summed E-state index contributed by atoms with van der Waals surface area (Å²) in [6, 6.07) is 1.93. The van der Waals surface area contributed by atoms with Gasteiger partial charge in [0.05, 0.1) is 36.0 Å². The molecule has 3 aromatic rings. The van der Waals surface area contributed by atoms with Gasteiger partial charge >= 0.3 is 0 Å². The summed E-state index contributed by atoms with van der Waals surface area (Å²) in [5, 5.41) is 13.5. The molecule has 9 heteroatoms. The van der Waals surface area contributed by atoms with E-state index in [-0.39, 0.29) is 0 Å². The summed E-state index contributed by atoms with van der Waals surface area (Å²) in [6.45, 7) is 3.34. The number of nitrogens with zero attached hydrogens (tertiary/aromatic N) is 5. The van der Waals surface area contributed by atoms with Crippen LogP contribution < -0.4 is 5.32 Å². The molecule has 132 valence electrons. The first-order valence-corrected chi connectivity index (χ1v) is 12.4. The van der Waals surface area contributed by atoms with Gasteiger partial charge in [-0.25, -0.2) is 8.84 Å². The van der Waals surface area contributed by atoms with Crippen LogP contribution in [0.1, 0.15) is 26.2 Å².